The fourth-order valence-electron chi connectivity index (χ4n) is 3.03. The molecule has 0 fully saturated rings. The standard InChI is InChI=1S/C18H22N4O/c1-4-10-21-15-7-6-13(3)12-16(15)22(11-5-2)18(23)14-8-9-19-20-17(14)21/h6-9,12H,4-5,10-11H2,1-3H3. The molecule has 0 bridgehead atoms. The van der Waals surface area contributed by atoms with Crippen LogP contribution in [-0.4, -0.2) is 29.2 Å². The summed E-state index contributed by atoms with van der Waals surface area (Å²) in [5.74, 6) is 0.658. The van der Waals surface area contributed by atoms with E-state index >= 15 is 0 Å². The lowest BCUT2D eigenvalue weighted by Gasteiger charge is -2.26. The number of hydrogen-bond donors (Lipinski definition) is 0. The normalized spacial score (nSPS) is 13.6. The van der Waals surface area contributed by atoms with Crippen LogP contribution in [0.5, 0.6) is 0 Å². The van der Waals surface area contributed by atoms with Gasteiger partial charge in [-0.15, -0.1) is 5.10 Å². The van der Waals surface area contributed by atoms with E-state index in [1.54, 1.807) is 12.3 Å². The molecule has 1 aromatic carbocycles. The Labute approximate surface area is 136 Å². The highest BCUT2D eigenvalue weighted by molar-refractivity contribution is 6.13. The van der Waals surface area contributed by atoms with Crippen LogP contribution in [0.15, 0.2) is 30.5 Å². The molecular formula is C18H22N4O. The Morgan fingerprint density at radius 2 is 1.74 bits per heavy atom. The summed E-state index contributed by atoms with van der Waals surface area (Å²) >= 11 is 0. The minimum Gasteiger partial charge on any atom is -0.322 e. The van der Waals surface area contributed by atoms with Crippen LogP contribution in [0, 0.1) is 6.92 Å². The number of rotatable bonds is 4. The molecule has 0 N–H and O–H groups in total. The van der Waals surface area contributed by atoms with Crippen LogP contribution in [0.2, 0.25) is 0 Å². The van der Waals surface area contributed by atoms with Gasteiger partial charge in [0, 0.05) is 13.1 Å². The number of hydrogen-bond acceptors (Lipinski definition) is 4. The van der Waals surface area contributed by atoms with E-state index in [2.05, 4.69) is 54.1 Å². The second-order valence-corrected chi connectivity index (χ2v) is 5.87. The summed E-state index contributed by atoms with van der Waals surface area (Å²) < 4.78 is 0. The maximum Gasteiger partial charge on any atom is 0.262 e. The number of nitrogens with zero attached hydrogens (tertiary/aromatic N) is 4. The van der Waals surface area contributed by atoms with E-state index in [4.69, 9.17) is 0 Å². The summed E-state index contributed by atoms with van der Waals surface area (Å²) in [7, 11) is 0. The van der Waals surface area contributed by atoms with Gasteiger partial charge in [0.05, 0.1) is 23.1 Å². The summed E-state index contributed by atoms with van der Waals surface area (Å²) in [5, 5.41) is 8.28. The highest BCUT2D eigenvalue weighted by Gasteiger charge is 2.31. The third-order valence-electron chi connectivity index (χ3n) is 4.04. The Kier molecular flexibility index (Phi) is 4.28. The number of fused-ring (bicyclic) bond motifs is 2. The molecule has 1 amide bonds. The maximum absolute atomic E-state index is 13.1. The fourth-order valence-corrected chi connectivity index (χ4v) is 3.03. The van der Waals surface area contributed by atoms with Crippen molar-refractivity contribution in [3.8, 4) is 0 Å². The predicted octanol–water partition coefficient (Wildman–Crippen LogP) is 3.70. The molecule has 5 heteroatoms. The molecule has 0 saturated heterocycles. The average molecular weight is 310 g/mol. The molecule has 1 aromatic heterocycles. The van der Waals surface area contributed by atoms with E-state index in [0.717, 1.165) is 36.3 Å². The zero-order valence-corrected chi connectivity index (χ0v) is 13.9. The SMILES string of the molecule is CCCN1C(=O)c2ccnnc2N(CCC)c2ccc(C)cc21. The highest BCUT2D eigenvalue weighted by Crippen LogP contribution is 2.40. The Hall–Kier alpha value is -2.43. The van der Waals surface area contributed by atoms with Crippen LogP contribution in [0.25, 0.3) is 0 Å². The topological polar surface area (TPSA) is 49.3 Å². The van der Waals surface area contributed by atoms with Gasteiger partial charge in [-0.05, 0) is 43.5 Å². The Bertz CT molecular complexity index is 729. The molecule has 0 saturated carbocycles. The van der Waals surface area contributed by atoms with E-state index in [-0.39, 0.29) is 5.91 Å². The van der Waals surface area contributed by atoms with E-state index < -0.39 is 0 Å². The average Bonchev–Trinajstić information content (AvgIpc) is 2.65. The lowest BCUT2D eigenvalue weighted by molar-refractivity contribution is 0.0988. The van der Waals surface area contributed by atoms with Gasteiger partial charge >= 0.3 is 0 Å². The van der Waals surface area contributed by atoms with Crippen molar-refractivity contribution >= 4 is 23.1 Å². The highest BCUT2D eigenvalue weighted by atomic mass is 16.2. The van der Waals surface area contributed by atoms with Crippen LogP contribution in [-0.2, 0) is 0 Å². The van der Waals surface area contributed by atoms with Crippen LogP contribution in [0.4, 0.5) is 17.2 Å². The molecular weight excluding hydrogens is 288 g/mol. The number of anilines is 3. The van der Waals surface area contributed by atoms with Gasteiger partial charge in [-0.3, -0.25) is 4.79 Å². The molecule has 120 valence electrons. The molecule has 0 spiro atoms. The van der Waals surface area contributed by atoms with Crippen molar-refractivity contribution in [3.63, 3.8) is 0 Å². The molecule has 0 radical (unpaired) electrons. The van der Waals surface area contributed by atoms with Crippen molar-refractivity contribution in [2.45, 2.75) is 33.6 Å². The largest absolute Gasteiger partial charge is 0.322 e. The van der Waals surface area contributed by atoms with Crippen molar-refractivity contribution < 1.29 is 4.79 Å². The molecule has 1 aliphatic rings. The van der Waals surface area contributed by atoms with Gasteiger partial charge in [0.1, 0.15) is 0 Å². The van der Waals surface area contributed by atoms with Crippen LogP contribution >= 0.6 is 0 Å². The van der Waals surface area contributed by atoms with E-state index in [1.807, 2.05) is 4.90 Å². The van der Waals surface area contributed by atoms with E-state index in [1.165, 1.54) is 0 Å². The summed E-state index contributed by atoms with van der Waals surface area (Å²) in [6.07, 6.45) is 3.46. The minimum atomic E-state index is 0.00204. The van der Waals surface area contributed by atoms with Crippen molar-refractivity contribution in [2.24, 2.45) is 0 Å². The van der Waals surface area contributed by atoms with Gasteiger partial charge in [0.15, 0.2) is 5.82 Å². The van der Waals surface area contributed by atoms with E-state index in [0.29, 0.717) is 17.9 Å². The number of benzene rings is 1. The van der Waals surface area contributed by atoms with Gasteiger partial charge in [0.2, 0.25) is 0 Å². The van der Waals surface area contributed by atoms with Crippen molar-refractivity contribution in [1.29, 1.82) is 0 Å². The molecule has 23 heavy (non-hydrogen) atoms. The molecule has 0 atom stereocenters. The van der Waals surface area contributed by atoms with E-state index in [9.17, 15) is 4.79 Å². The van der Waals surface area contributed by atoms with Crippen LogP contribution in [0.3, 0.4) is 0 Å². The van der Waals surface area contributed by atoms with Gasteiger partial charge in [-0.1, -0.05) is 19.9 Å². The summed E-state index contributed by atoms with van der Waals surface area (Å²) in [5.41, 5.74) is 3.75. The molecule has 0 aliphatic carbocycles. The number of carbonyl (C=O) groups excluding carboxylic acids is 1. The van der Waals surface area contributed by atoms with Gasteiger partial charge in [-0.25, -0.2) is 0 Å². The second-order valence-electron chi connectivity index (χ2n) is 5.87. The molecule has 3 rings (SSSR count). The maximum atomic E-state index is 13.1. The lowest BCUT2D eigenvalue weighted by Crippen LogP contribution is -2.31. The first-order valence-corrected chi connectivity index (χ1v) is 8.19. The van der Waals surface area contributed by atoms with Crippen molar-refractivity contribution in [1.82, 2.24) is 10.2 Å². The Balaban J connectivity index is 2.27. The van der Waals surface area contributed by atoms with Crippen molar-refractivity contribution in [2.75, 3.05) is 22.9 Å². The minimum absolute atomic E-state index is 0.00204. The molecule has 2 heterocycles. The Morgan fingerprint density at radius 3 is 2.48 bits per heavy atom. The fraction of sp³-hybridized carbons (Fsp3) is 0.389. The molecule has 2 aromatic rings. The number of aromatic nitrogens is 2. The number of aryl methyl sites for hydroxylation is 1. The third kappa shape index (κ3) is 2.67. The zero-order chi connectivity index (χ0) is 16.4. The molecule has 1 aliphatic heterocycles. The summed E-state index contributed by atoms with van der Waals surface area (Å²) in [6.45, 7) is 7.76. The smallest absolute Gasteiger partial charge is 0.262 e. The number of amides is 1. The lowest BCUT2D eigenvalue weighted by atomic mass is 10.1. The quantitative estimate of drug-likeness (QED) is 0.864. The van der Waals surface area contributed by atoms with Gasteiger partial charge in [-0.2, -0.15) is 5.10 Å². The first-order valence-electron chi connectivity index (χ1n) is 8.19. The van der Waals surface area contributed by atoms with Crippen molar-refractivity contribution in [3.05, 3.63) is 41.6 Å². The summed E-state index contributed by atoms with van der Waals surface area (Å²) in [6, 6.07) is 8.02. The van der Waals surface area contributed by atoms with Gasteiger partial charge in [0.25, 0.3) is 5.91 Å². The first-order chi connectivity index (χ1) is 11.2. The predicted molar refractivity (Wildman–Crippen MR) is 92.5 cm³/mol. The molecule has 0 unspecified atom stereocenters. The monoisotopic (exact) mass is 310 g/mol. The second kappa shape index (κ2) is 6.36. The third-order valence-corrected chi connectivity index (χ3v) is 4.04. The first kappa shape index (κ1) is 15.5. The Morgan fingerprint density at radius 1 is 1.00 bits per heavy atom. The zero-order valence-electron chi connectivity index (χ0n) is 13.9. The number of carbonyl (C=O) groups is 1. The van der Waals surface area contributed by atoms with Gasteiger partial charge < -0.3 is 9.80 Å². The van der Waals surface area contributed by atoms with Crippen LogP contribution < -0.4 is 9.80 Å². The molecule has 5 nitrogen and oxygen atoms in total. The summed E-state index contributed by atoms with van der Waals surface area (Å²) in [4.78, 5) is 17.1. The van der Waals surface area contributed by atoms with Crippen LogP contribution in [0.1, 0.15) is 42.6 Å².